The molecule has 2 unspecified atom stereocenters. The SMILES string of the molecule is O=c1c(Cl)c(N2CCC(CO)C(O)C2)cnn1-c1ccc(C(F)(F)F)cn1. The van der Waals surface area contributed by atoms with E-state index in [0.717, 1.165) is 16.8 Å². The molecule has 2 N–H and O–H groups in total. The number of hydrogen-bond donors (Lipinski definition) is 2. The van der Waals surface area contributed by atoms with Gasteiger partial charge in [0.25, 0.3) is 5.56 Å². The van der Waals surface area contributed by atoms with Crippen LogP contribution in [0.5, 0.6) is 0 Å². The van der Waals surface area contributed by atoms with Gasteiger partial charge in [0.15, 0.2) is 5.82 Å². The van der Waals surface area contributed by atoms with Crippen LogP contribution in [0.4, 0.5) is 18.9 Å². The summed E-state index contributed by atoms with van der Waals surface area (Å²) in [5, 5.41) is 23.0. The number of anilines is 1. The van der Waals surface area contributed by atoms with Crippen LogP contribution in [0.15, 0.2) is 29.3 Å². The Labute approximate surface area is 156 Å². The predicted octanol–water partition coefficient (Wildman–Crippen LogP) is 1.48. The first-order chi connectivity index (χ1) is 12.7. The maximum Gasteiger partial charge on any atom is 0.417 e. The second-order valence-electron chi connectivity index (χ2n) is 6.21. The number of rotatable bonds is 3. The van der Waals surface area contributed by atoms with Crippen LogP contribution in [0.1, 0.15) is 12.0 Å². The number of hydrogen-bond acceptors (Lipinski definition) is 6. The van der Waals surface area contributed by atoms with E-state index in [1.807, 2.05) is 0 Å². The minimum atomic E-state index is -4.53. The van der Waals surface area contributed by atoms with Crippen LogP contribution in [0, 0.1) is 5.92 Å². The minimum absolute atomic E-state index is 0.0968. The van der Waals surface area contributed by atoms with Gasteiger partial charge in [0, 0.05) is 31.8 Å². The summed E-state index contributed by atoms with van der Waals surface area (Å²) in [7, 11) is 0. The molecule has 2 atom stereocenters. The largest absolute Gasteiger partial charge is 0.417 e. The fourth-order valence-corrected chi connectivity index (χ4v) is 3.15. The van der Waals surface area contributed by atoms with E-state index < -0.39 is 23.4 Å². The van der Waals surface area contributed by atoms with Crippen LogP contribution >= 0.6 is 11.6 Å². The van der Waals surface area contributed by atoms with Crippen LogP contribution in [-0.2, 0) is 6.18 Å². The van der Waals surface area contributed by atoms with Gasteiger partial charge in [-0.3, -0.25) is 4.79 Å². The zero-order chi connectivity index (χ0) is 19.8. The lowest BCUT2D eigenvalue weighted by molar-refractivity contribution is -0.137. The summed E-state index contributed by atoms with van der Waals surface area (Å²) in [6.45, 7) is 0.502. The Balaban J connectivity index is 1.89. The van der Waals surface area contributed by atoms with Gasteiger partial charge in [0.2, 0.25) is 0 Å². The molecule has 0 aromatic carbocycles. The van der Waals surface area contributed by atoms with Gasteiger partial charge in [-0.25, -0.2) is 4.98 Å². The lowest BCUT2D eigenvalue weighted by atomic mass is 9.94. The first kappa shape index (κ1) is 19.6. The number of alkyl halides is 3. The third-order valence-corrected chi connectivity index (χ3v) is 4.84. The maximum absolute atomic E-state index is 12.6. The number of aliphatic hydroxyl groups excluding tert-OH is 2. The number of pyridine rings is 1. The normalized spacial score (nSPS) is 20.7. The molecule has 0 spiro atoms. The van der Waals surface area contributed by atoms with E-state index in [-0.39, 0.29) is 29.9 Å². The molecule has 146 valence electrons. The number of nitrogens with zero attached hydrogens (tertiary/aromatic N) is 4. The lowest BCUT2D eigenvalue weighted by Gasteiger charge is -2.36. The highest BCUT2D eigenvalue weighted by Gasteiger charge is 2.31. The molecular weight excluding hydrogens is 389 g/mol. The van der Waals surface area contributed by atoms with Crippen molar-refractivity contribution in [1.29, 1.82) is 0 Å². The zero-order valence-corrected chi connectivity index (χ0v) is 14.7. The molecule has 1 aliphatic rings. The minimum Gasteiger partial charge on any atom is -0.396 e. The van der Waals surface area contributed by atoms with E-state index >= 15 is 0 Å². The van der Waals surface area contributed by atoms with Crippen LogP contribution in [0.3, 0.4) is 0 Å². The molecule has 0 amide bonds. The Hall–Kier alpha value is -2.17. The summed E-state index contributed by atoms with van der Waals surface area (Å²) >= 11 is 6.15. The molecule has 0 aliphatic carbocycles. The molecule has 3 heterocycles. The Morgan fingerprint density at radius 3 is 2.59 bits per heavy atom. The summed E-state index contributed by atoms with van der Waals surface area (Å²) in [5.41, 5.74) is -1.37. The van der Waals surface area contributed by atoms with Crippen LogP contribution in [0.25, 0.3) is 5.82 Å². The van der Waals surface area contributed by atoms with E-state index in [1.54, 1.807) is 4.90 Å². The smallest absolute Gasteiger partial charge is 0.396 e. The summed E-state index contributed by atoms with van der Waals surface area (Å²) in [6.07, 6.45) is -2.89. The Bertz CT molecular complexity index is 873. The van der Waals surface area contributed by atoms with Crippen molar-refractivity contribution in [2.24, 2.45) is 5.92 Å². The van der Waals surface area contributed by atoms with Crippen molar-refractivity contribution < 1.29 is 23.4 Å². The molecular formula is C16H16ClF3N4O3. The van der Waals surface area contributed by atoms with Crippen LogP contribution < -0.4 is 10.5 Å². The van der Waals surface area contributed by atoms with Gasteiger partial charge in [-0.15, -0.1) is 0 Å². The van der Waals surface area contributed by atoms with Crippen LogP contribution in [0.2, 0.25) is 5.02 Å². The van der Waals surface area contributed by atoms with Crippen molar-refractivity contribution in [3.8, 4) is 5.82 Å². The average Bonchev–Trinajstić information content (AvgIpc) is 2.63. The summed E-state index contributed by atoms with van der Waals surface area (Å²) < 4.78 is 38.7. The second-order valence-corrected chi connectivity index (χ2v) is 6.59. The fraction of sp³-hybridized carbons (Fsp3) is 0.438. The predicted molar refractivity (Wildman–Crippen MR) is 91.1 cm³/mol. The lowest BCUT2D eigenvalue weighted by Crippen LogP contribution is -2.45. The van der Waals surface area contributed by atoms with Crippen molar-refractivity contribution in [2.75, 3.05) is 24.6 Å². The Morgan fingerprint density at radius 2 is 2.04 bits per heavy atom. The molecule has 3 rings (SSSR count). The van der Waals surface area contributed by atoms with Gasteiger partial charge in [-0.2, -0.15) is 23.0 Å². The molecule has 7 nitrogen and oxygen atoms in total. The van der Waals surface area contributed by atoms with Gasteiger partial charge >= 0.3 is 6.18 Å². The van der Waals surface area contributed by atoms with Gasteiger partial charge in [-0.1, -0.05) is 11.6 Å². The van der Waals surface area contributed by atoms with E-state index in [4.69, 9.17) is 11.6 Å². The third kappa shape index (κ3) is 3.92. The first-order valence-electron chi connectivity index (χ1n) is 8.07. The standard InChI is InChI=1S/C16H16ClF3N4O3/c17-14-11(23-4-3-9(8-25)12(26)7-23)6-22-24(15(14)27)13-2-1-10(5-21-13)16(18,19)20/h1-2,5-6,9,12,25-26H,3-4,7-8H2. The van der Waals surface area contributed by atoms with Gasteiger partial charge in [0.05, 0.1) is 23.6 Å². The molecule has 2 aromatic heterocycles. The van der Waals surface area contributed by atoms with Crippen molar-refractivity contribution in [1.82, 2.24) is 14.8 Å². The highest BCUT2D eigenvalue weighted by molar-refractivity contribution is 6.33. The highest BCUT2D eigenvalue weighted by atomic mass is 35.5. The molecule has 1 saturated heterocycles. The number of piperidine rings is 1. The molecule has 0 radical (unpaired) electrons. The van der Waals surface area contributed by atoms with Crippen molar-refractivity contribution in [3.63, 3.8) is 0 Å². The van der Waals surface area contributed by atoms with E-state index in [2.05, 4.69) is 10.1 Å². The average molecular weight is 405 g/mol. The monoisotopic (exact) mass is 404 g/mol. The summed E-state index contributed by atoms with van der Waals surface area (Å²) in [4.78, 5) is 17.8. The quantitative estimate of drug-likeness (QED) is 0.805. The molecule has 2 aromatic rings. The van der Waals surface area contributed by atoms with Gasteiger partial charge in [-0.05, 0) is 18.6 Å². The molecule has 0 saturated carbocycles. The van der Waals surface area contributed by atoms with Gasteiger partial charge < -0.3 is 15.1 Å². The summed E-state index contributed by atoms with van der Waals surface area (Å²) in [5.74, 6) is -0.342. The second kappa shape index (κ2) is 7.45. The van der Waals surface area contributed by atoms with E-state index in [9.17, 15) is 28.2 Å². The third-order valence-electron chi connectivity index (χ3n) is 4.49. The first-order valence-corrected chi connectivity index (χ1v) is 8.45. The maximum atomic E-state index is 12.6. The number of aliphatic hydroxyl groups is 2. The van der Waals surface area contributed by atoms with E-state index in [1.165, 1.54) is 6.20 Å². The molecule has 27 heavy (non-hydrogen) atoms. The molecule has 11 heteroatoms. The molecule has 1 fully saturated rings. The fourth-order valence-electron chi connectivity index (χ4n) is 2.90. The highest BCUT2D eigenvalue weighted by Crippen LogP contribution is 2.29. The topological polar surface area (TPSA) is 91.5 Å². The van der Waals surface area contributed by atoms with Crippen molar-refractivity contribution in [2.45, 2.75) is 18.7 Å². The molecule has 0 bridgehead atoms. The van der Waals surface area contributed by atoms with Crippen molar-refractivity contribution >= 4 is 17.3 Å². The van der Waals surface area contributed by atoms with E-state index in [0.29, 0.717) is 24.8 Å². The number of β-amino-alcohol motifs (C(OH)–C–C–N with tert-alkyl or cyclic N) is 1. The number of aromatic nitrogens is 3. The Kier molecular flexibility index (Phi) is 5.41. The van der Waals surface area contributed by atoms with Gasteiger partial charge in [0.1, 0.15) is 5.02 Å². The molecule has 1 aliphatic heterocycles. The number of halogens is 4. The van der Waals surface area contributed by atoms with Crippen molar-refractivity contribution in [3.05, 3.63) is 45.5 Å². The Morgan fingerprint density at radius 1 is 1.30 bits per heavy atom. The van der Waals surface area contributed by atoms with Crippen LogP contribution in [-0.4, -0.2) is 50.8 Å². The zero-order valence-electron chi connectivity index (χ0n) is 13.9. The summed E-state index contributed by atoms with van der Waals surface area (Å²) in [6, 6.07) is 1.83.